The quantitative estimate of drug-likeness (QED) is 0.259. The fraction of sp³-hybridized carbons (Fsp3) is 0.185. The molecule has 10 heteroatoms. The molecule has 9 nitrogen and oxygen atoms in total. The number of rotatable bonds is 11. The molecule has 37 heavy (non-hydrogen) atoms. The second-order valence-corrected chi connectivity index (χ2v) is 8.56. The predicted octanol–water partition coefficient (Wildman–Crippen LogP) is 3.97. The molecule has 3 aromatic rings. The van der Waals surface area contributed by atoms with Gasteiger partial charge in [-0.25, -0.2) is 4.79 Å². The highest BCUT2D eigenvalue weighted by Gasteiger charge is 2.18. The Labute approximate surface area is 219 Å². The van der Waals surface area contributed by atoms with E-state index in [1.54, 1.807) is 36.4 Å². The number of hydrogen-bond donors (Lipinski definition) is 5. The number of carbonyl (C=O) groups excluding carboxylic acids is 3. The lowest BCUT2D eigenvalue weighted by Crippen LogP contribution is -2.40. The summed E-state index contributed by atoms with van der Waals surface area (Å²) in [6, 6.07) is 22.3. The van der Waals surface area contributed by atoms with E-state index in [2.05, 4.69) is 21.3 Å². The van der Waals surface area contributed by atoms with E-state index in [4.69, 9.17) is 11.6 Å². The van der Waals surface area contributed by atoms with Gasteiger partial charge in [0.05, 0.1) is 19.0 Å². The lowest BCUT2D eigenvalue weighted by molar-refractivity contribution is -0.138. The van der Waals surface area contributed by atoms with Gasteiger partial charge in [-0.1, -0.05) is 66.2 Å². The van der Waals surface area contributed by atoms with E-state index >= 15 is 0 Å². The van der Waals surface area contributed by atoms with Crippen molar-refractivity contribution >= 4 is 41.1 Å². The molecule has 4 amide bonds. The predicted molar refractivity (Wildman–Crippen MR) is 141 cm³/mol. The summed E-state index contributed by atoms with van der Waals surface area (Å²) >= 11 is 5.80. The van der Waals surface area contributed by atoms with Crippen molar-refractivity contribution in [1.82, 2.24) is 16.0 Å². The number of aliphatic carboxylic acids is 1. The van der Waals surface area contributed by atoms with Crippen LogP contribution in [0.4, 0.5) is 10.5 Å². The molecule has 3 rings (SSSR count). The van der Waals surface area contributed by atoms with Crippen LogP contribution in [-0.2, 0) is 14.4 Å². The minimum Gasteiger partial charge on any atom is -0.481 e. The molecule has 0 aliphatic rings. The van der Waals surface area contributed by atoms with Crippen LogP contribution in [0.25, 0.3) is 11.1 Å². The molecule has 192 valence electrons. The van der Waals surface area contributed by atoms with Crippen LogP contribution in [0.3, 0.4) is 0 Å². The van der Waals surface area contributed by atoms with Crippen LogP contribution in [0.1, 0.15) is 24.4 Å². The fourth-order valence-corrected chi connectivity index (χ4v) is 3.60. The number of carboxylic acid groups (broad SMARTS) is 1. The van der Waals surface area contributed by atoms with Crippen molar-refractivity contribution in [2.75, 3.05) is 18.4 Å². The van der Waals surface area contributed by atoms with Gasteiger partial charge in [0.2, 0.25) is 11.8 Å². The average Bonchev–Trinajstić information content (AvgIpc) is 2.89. The Balaban J connectivity index is 1.44. The van der Waals surface area contributed by atoms with Gasteiger partial charge >= 0.3 is 12.0 Å². The Morgan fingerprint density at radius 3 is 2.08 bits per heavy atom. The van der Waals surface area contributed by atoms with Crippen LogP contribution in [0.15, 0.2) is 78.9 Å². The average molecular weight is 523 g/mol. The summed E-state index contributed by atoms with van der Waals surface area (Å²) in [6.45, 7) is -0.268. The molecule has 5 N–H and O–H groups in total. The molecule has 1 unspecified atom stereocenters. The van der Waals surface area contributed by atoms with Crippen molar-refractivity contribution in [2.45, 2.75) is 18.9 Å². The van der Waals surface area contributed by atoms with Crippen molar-refractivity contribution in [2.24, 2.45) is 0 Å². The third kappa shape index (κ3) is 9.30. The molecular formula is C27H27ClN4O5. The number of carboxylic acids is 1. The summed E-state index contributed by atoms with van der Waals surface area (Å²) in [5, 5.41) is 20.1. The summed E-state index contributed by atoms with van der Waals surface area (Å²) in [4.78, 5) is 47.7. The standard InChI is InChI=1S/C27H27ClN4O5/c28-21-10-12-22(13-11-21)31-27(37)29-15-14-24(33)30-17-25(34)32-23(16-26(35)36)20-8-6-19(7-9-20)18-4-2-1-3-5-18/h1-13,23H,14-17H2,(H,30,33)(H,32,34)(H,35,36)(H2,29,31,37). The fourth-order valence-electron chi connectivity index (χ4n) is 3.48. The molecule has 0 bridgehead atoms. The molecule has 0 spiro atoms. The molecule has 0 saturated carbocycles. The summed E-state index contributed by atoms with van der Waals surface area (Å²) in [7, 11) is 0. The Morgan fingerprint density at radius 1 is 0.784 bits per heavy atom. The van der Waals surface area contributed by atoms with Gasteiger partial charge in [0.15, 0.2) is 0 Å². The van der Waals surface area contributed by atoms with Crippen molar-refractivity contribution in [1.29, 1.82) is 0 Å². The number of hydrogen-bond acceptors (Lipinski definition) is 4. The number of urea groups is 1. The van der Waals surface area contributed by atoms with E-state index < -0.39 is 29.9 Å². The number of amides is 4. The van der Waals surface area contributed by atoms with Gasteiger partial charge in [-0.2, -0.15) is 0 Å². The number of nitrogens with one attached hydrogen (secondary N) is 4. The first kappa shape index (κ1) is 27.2. The Hall–Kier alpha value is -4.37. The normalized spacial score (nSPS) is 11.2. The first-order chi connectivity index (χ1) is 17.8. The van der Waals surface area contributed by atoms with E-state index in [1.165, 1.54) is 0 Å². The van der Waals surface area contributed by atoms with E-state index in [9.17, 15) is 24.3 Å². The maximum absolute atomic E-state index is 12.4. The highest BCUT2D eigenvalue weighted by atomic mass is 35.5. The van der Waals surface area contributed by atoms with E-state index in [1.807, 2.05) is 42.5 Å². The Morgan fingerprint density at radius 2 is 1.43 bits per heavy atom. The van der Waals surface area contributed by atoms with Crippen molar-refractivity contribution in [3.05, 3.63) is 89.4 Å². The summed E-state index contributed by atoms with van der Waals surface area (Å²) in [6.07, 6.45) is -0.349. The van der Waals surface area contributed by atoms with Gasteiger partial charge in [0.25, 0.3) is 0 Å². The largest absolute Gasteiger partial charge is 0.481 e. The van der Waals surface area contributed by atoms with Gasteiger partial charge in [0.1, 0.15) is 0 Å². The number of carbonyl (C=O) groups is 4. The number of halogens is 1. The maximum Gasteiger partial charge on any atom is 0.319 e. The monoisotopic (exact) mass is 522 g/mol. The van der Waals surface area contributed by atoms with E-state index in [0.29, 0.717) is 16.3 Å². The summed E-state index contributed by atoms with van der Waals surface area (Å²) < 4.78 is 0. The van der Waals surface area contributed by atoms with E-state index in [0.717, 1.165) is 11.1 Å². The molecule has 0 radical (unpaired) electrons. The molecule has 0 heterocycles. The van der Waals surface area contributed by atoms with Crippen LogP contribution in [-0.4, -0.2) is 42.0 Å². The number of benzene rings is 3. The minimum atomic E-state index is -1.07. The molecule has 1 atom stereocenters. The third-order valence-electron chi connectivity index (χ3n) is 5.32. The molecule has 0 aromatic heterocycles. The molecule has 3 aromatic carbocycles. The highest BCUT2D eigenvalue weighted by molar-refractivity contribution is 6.30. The summed E-state index contributed by atoms with van der Waals surface area (Å²) in [5.41, 5.74) is 3.17. The molecule has 0 saturated heterocycles. The Bertz CT molecular complexity index is 1220. The van der Waals surface area contributed by atoms with Gasteiger partial charge in [-0.3, -0.25) is 14.4 Å². The van der Waals surface area contributed by atoms with Crippen LogP contribution in [0, 0.1) is 0 Å². The molecule has 0 aliphatic heterocycles. The van der Waals surface area contributed by atoms with Crippen molar-refractivity contribution in [3.8, 4) is 11.1 Å². The minimum absolute atomic E-state index is 0.0409. The van der Waals surface area contributed by atoms with Crippen molar-refractivity contribution in [3.63, 3.8) is 0 Å². The van der Waals surface area contributed by atoms with Gasteiger partial charge in [-0.15, -0.1) is 0 Å². The maximum atomic E-state index is 12.4. The Kier molecular flexibility index (Phi) is 10.0. The van der Waals surface area contributed by atoms with Crippen LogP contribution >= 0.6 is 11.6 Å². The SMILES string of the molecule is O=C(O)CC(NC(=O)CNC(=O)CCNC(=O)Nc1ccc(Cl)cc1)c1ccc(-c2ccccc2)cc1. The molecule has 0 fully saturated rings. The zero-order valence-electron chi connectivity index (χ0n) is 19.9. The zero-order valence-corrected chi connectivity index (χ0v) is 20.6. The first-order valence-electron chi connectivity index (χ1n) is 11.5. The van der Waals surface area contributed by atoms with Gasteiger partial charge in [-0.05, 0) is 41.0 Å². The highest BCUT2D eigenvalue weighted by Crippen LogP contribution is 2.23. The third-order valence-corrected chi connectivity index (χ3v) is 5.57. The van der Waals surface area contributed by atoms with Gasteiger partial charge in [0, 0.05) is 23.7 Å². The van der Waals surface area contributed by atoms with Crippen LogP contribution < -0.4 is 21.3 Å². The van der Waals surface area contributed by atoms with Crippen molar-refractivity contribution < 1.29 is 24.3 Å². The lowest BCUT2D eigenvalue weighted by Gasteiger charge is -2.18. The lowest BCUT2D eigenvalue weighted by atomic mass is 9.99. The number of anilines is 1. The van der Waals surface area contributed by atoms with E-state index in [-0.39, 0.29) is 25.9 Å². The second kappa shape index (κ2) is 13.6. The smallest absolute Gasteiger partial charge is 0.319 e. The summed E-state index contributed by atoms with van der Waals surface area (Å²) in [5.74, 6) is -2.03. The molecular weight excluding hydrogens is 496 g/mol. The molecule has 0 aliphatic carbocycles. The first-order valence-corrected chi connectivity index (χ1v) is 11.9. The van der Waals surface area contributed by atoms with Crippen LogP contribution in [0.5, 0.6) is 0 Å². The zero-order chi connectivity index (χ0) is 26.6. The second-order valence-electron chi connectivity index (χ2n) is 8.12. The van der Waals surface area contributed by atoms with Gasteiger partial charge < -0.3 is 26.4 Å². The van der Waals surface area contributed by atoms with Crippen LogP contribution in [0.2, 0.25) is 5.02 Å². The topological polar surface area (TPSA) is 137 Å².